The molecule has 2 fully saturated rings. The van der Waals surface area contributed by atoms with E-state index in [2.05, 4.69) is 32.9 Å². The van der Waals surface area contributed by atoms with Gasteiger partial charge < -0.3 is 0 Å². The SMILES string of the molecule is Cc1cc(C)c(C2CC3CCC2C3)cc1C. The molecule has 1 aromatic carbocycles. The molecule has 0 spiro atoms. The Labute approximate surface area is 99.1 Å². The molecule has 0 aromatic heterocycles. The summed E-state index contributed by atoms with van der Waals surface area (Å²) in [5.41, 5.74) is 6.11. The van der Waals surface area contributed by atoms with Gasteiger partial charge in [0.1, 0.15) is 0 Å². The molecule has 2 saturated carbocycles. The number of hydrogen-bond donors (Lipinski definition) is 0. The van der Waals surface area contributed by atoms with Crippen LogP contribution in [0.4, 0.5) is 0 Å². The van der Waals surface area contributed by atoms with Crippen LogP contribution in [-0.4, -0.2) is 0 Å². The van der Waals surface area contributed by atoms with Crippen LogP contribution in [0.3, 0.4) is 0 Å². The summed E-state index contributed by atoms with van der Waals surface area (Å²) < 4.78 is 0. The maximum Gasteiger partial charge on any atom is -0.0128 e. The van der Waals surface area contributed by atoms with Crippen LogP contribution in [0.1, 0.15) is 53.9 Å². The molecule has 16 heavy (non-hydrogen) atoms. The van der Waals surface area contributed by atoms with Gasteiger partial charge in [-0.15, -0.1) is 0 Å². The first kappa shape index (κ1) is 10.4. The second-order valence-corrected chi connectivity index (χ2v) is 6.07. The molecule has 1 aromatic rings. The van der Waals surface area contributed by atoms with Gasteiger partial charge in [0, 0.05) is 0 Å². The lowest BCUT2D eigenvalue weighted by Crippen LogP contribution is -2.10. The van der Waals surface area contributed by atoms with Crippen molar-refractivity contribution >= 4 is 0 Å². The fraction of sp³-hybridized carbons (Fsp3) is 0.625. The Kier molecular flexibility index (Phi) is 2.34. The predicted molar refractivity (Wildman–Crippen MR) is 68.8 cm³/mol. The van der Waals surface area contributed by atoms with E-state index in [1.54, 1.807) is 5.56 Å². The topological polar surface area (TPSA) is 0 Å². The minimum Gasteiger partial charge on any atom is -0.0558 e. The zero-order valence-electron chi connectivity index (χ0n) is 10.7. The van der Waals surface area contributed by atoms with Gasteiger partial charge in [-0.25, -0.2) is 0 Å². The first-order chi connectivity index (χ1) is 7.65. The van der Waals surface area contributed by atoms with Crippen LogP contribution in [0.2, 0.25) is 0 Å². The van der Waals surface area contributed by atoms with Crippen molar-refractivity contribution in [2.45, 2.75) is 52.4 Å². The molecule has 0 heterocycles. The van der Waals surface area contributed by atoms with Gasteiger partial charge in [0.2, 0.25) is 0 Å². The summed E-state index contributed by atoms with van der Waals surface area (Å²) in [7, 11) is 0. The van der Waals surface area contributed by atoms with Crippen molar-refractivity contribution in [3.63, 3.8) is 0 Å². The molecular formula is C16H22. The molecule has 2 aliphatic rings. The van der Waals surface area contributed by atoms with E-state index in [0.717, 1.165) is 17.8 Å². The van der Waals surface area contributed by atoms with Crippen molar-refractivity contribution in [1.29, 1.82) is 0 Å². The van der Waals surface area contributed by atoms with Crippen molar-refractivity contribution < 1.29 is 0 Å². The van der Waals surface area contributed by atoms with E-state index < -0.39 is 0 Å². The van der Waals surface area contributed by atoms with Crippen LogP contribution in [-0.2, 0) is 0 Å². The number of aryl methyl sites for hydroxylation is 3. The van der Waals surface area contributed by atoms with Gasteiger partial charge in [-0.1, -0.05) is 18.6 Å². The molecule has 3 unspecified atom stereocenters. The van der Waals surface area contributed by atoms with E-state index in [1.165, 1.54) is 42.4 Å². The van der Waals surface area contributed by atoms with Gasteiger partial charge in [-0.05, 0) is 80.0 Å². The summed E-state index contributed by atoms with van der Waals surface area (Å²) in [5, 5.41) is 0. The lowest BCUT2D eigenvalue weighted by molar-refractivity contribution is 0.418. The third kappa shape index (κ3) is 1.50. The molecule has 86 valence electrons. The Morgan fingerprint density at radius 1 is 0.875 bits per heavy atom. The standard InChI is InChI=1S/C16H22/c1-10-6-12(3)15(7-11(10)2)16-9-13-4-5-14(16)8-13/h6-7,13-14,16H,4-5,8-9H2,1-3H3. The zero-order chi connectivity index (χ0) is 11.3. The van der Waals surface area contributed by atoms with E-state index in [0.29, 0.717) is 0 Å². The fourth-order valence-corrected chi connectivity index (χ4v) is 4.01. The highest BCUT2D eigenvalue weighted by atomic mass is 14.4. The summed E-state index contributed by atoms with van der Waals surface area (Å²) >= 11 is 0. The van der Waals surface area contributed by atoms with Gasteiger partial charge in [-0.3, -0.25) is 0 Å². The quantitative estimate of drug-likeness (QED) is 0.645. The molecule has 2 aliphatic carbocycles. The minimum atomic E-state index is 0.887. The van der Waals surface area contributed by atoms with Crippen molar-refractivity contribution in [3.8, 4) is 0 Å². The predicted octanol–water partition coefficient (Wildman–Crippen LogP) is 4.52. The van der Waals surface area contributed by atoms with Crippen LogP contribution in [0.15, 0.2) is 12.1 Å². The molecule has 0 aliphatic heterocycles. The van der Waals surface area contributed by atoms with Gasteiger partial charge in [0.05, 0.1) is 0 Å². The summed E-state index contributed by atoms with van der Waals surface area (Å²) in [6, 6.07) is 4.85. The normalized spacial score (nSPS) is 32.3. The van der Waals surface area contributed by atoms with E-state index in [1.807, 2.05) is 0 Å². The lowest BCUT2D eigenvalue weighted by atomic mass is 9.80. The molecule has 0 amide bonds. The van der Waals surface area contributed by atoms with Gasteiger partial charge in [0.15, 0.2) is 0 Å². The van der Waals surface area contributed by atoms with E-state index in [9.17, 15) is 0 Å². The third-order valence-corrected chi connectivity index (χ3v) is 5.02. The summed E-state index contributed by atoms with van der Waals surface area (Å²) in [6.45, 7) is 6.78. The second-order valence-electron chi connectivity index (χ2n) is 6.07. The average Bonchev–Trinajstić information content (AvgIpc) is 2.84. The molecule has 0 saturated heterocycles. The second kappa shape index (κ2) is 3.61. The van der Waals surface area contributed by atoms with E-state index in [4.69, 9.17) is 0 Å². The number of benzene rings is 1. The first-order valence-electron chi connectivity index (χ1n) is 6.73. The molecule has 3 atom stereocenters. The summed E-state index contributed by atoms with van der Waals surface area (Å²) in [4.78, 5) is 0. The van der Waals surface area contributed by atoms with Crippen LogP contribution in [0.5, 0.6) is 0 Å². The molecule has 3 rings (SSSR count). The number of rotatable bonds is 1. The van der Waals surface area contributed by atoms with Gasteiger partial charge >= 0.3 is 0 Å². The largest absolute Gasteiger partial charge is 0.0558 e. The Morgan fingerprint density at radius 3 is 2.25 bits per heavy atom. The fourth-order valence-electron chi connectivity index (χ4n) is 4.01. The van der Waals surface area contributed by atoms with Crippen molar-refractivity contribution in [2.24, 2.45) is 11.8 Å². The number of fused-ring (bicyclic) bond motifs is 2. The van der Waals surface area contributed by atoms with Crippen LogP contribution in [0, 0.1) is 32.6 Å². The smallest absolute Gasteiger partial charge is 0.0128 e. The number of hydrogen-bond acceptors (Lipinski definition) is 0. The van der Waals surface area contributed by atoms with Crippen molar-refractivity contribution in [3.05, 3.63) is 34.4 Å². The van der Waals surface area contributed by atoms with Gasteiger partial charge in [0.25, 0.3) is 0 Å². The molecule has 0 N–H and O–H groups in total. The summed E-state index contributed by atoms with van der Waals surface area (Å²) in [6.07, 6.45) is 5.97. The Bertz CT molecular complexity index is 416. The van der Waals surface area contributed by atoms with E-state index >= 15 is 0 Å². The zero-order valence-corrected chi connectivity index (χ0v) is 10.7. The van der Waals surface area contributed by atoms with Crippen molar-refractivity contribution in [2.75, 3.05) is 0 Å². The van der Waals surface area contributed by atoms with Gasteiger partial charge in [-0.2, -0.15) is 0 Å². The lowest BCUT2D eigenvalue weighted by Gasteiger charge is -2.24. The third-order valence-electron chi connectivity index (χ3n) is 5.02. The maximum absolute atomic E-state index is 2.47. The molecular weight excluding hydrogens is 192 g/mol. The molecule has 0 heteroatoms. The van der Waals surface area contributed by atoms with Crippen molar-refractivity contribution in [1.82, 2.24) is 0 Å². The first-order valence-corrected chi connectivity index (χ1v) is 6.73. The highest BCUT2D eigenvalue weighted by molar-refractivity contribution is 5.39. The minimum absolute atomic E-state index is 0.887. The highest BCUT2D eigenvalue weighted by Crippen LogP contribution is 2.53. The average molecular weight is 214 g/mol. The maximum atomic E-state index is 2.47. The molecule has 2 bridgehead atoms. The Hall–Kier alpha value is -0.780. The molecule has 0 nitrogen and oxygen atoms in total. The summed E-state index contributed by atoms with van der Waals surface area (Å²) in [5.74, 6) is 2.94. The van der Waals surface area contributed by atoms with Crippen LogP contribution >= 0.6 is 0 Å². The highest BCUT2D eigenvalue weighted by Gasteiger charge is 2.40. The van der Waals surface area contributed by atoms with Crippen LogP contribution in [0.25, 0.3) is 0 Å². The molecule has 0 radical (unpaired) electrons. The Morgan fingerprint density at radius 2 is 1.62 bits per heavy atom. The Balaban J connectivity index is 1.98. The monoisotopic (exact) mass is 214 g/mol. The van der Waals surface area contributed by atoms with Crippen LogP contribution < -0.4 is 0 Å². The van der Waals surface area contributed by atoms with E-state index in [-0.39, 0.29) is 0 Å².